The quantitative estimate of drug-likeness (QED) is 0.727. The number of ether oxygens (including phenoxy) is 2. The number of benzene rings is 1. The molecule has 6 heteroatoms. The third-order valence-electron chi connectivity index (χ3n) is 2.68. The highest BCUT2D eigenvalue weighted by atomic mass is 16.5. The maximum absolute atomic E-state index is 12.2. The molecule has 0 aliphatic carbocycles. The molecule has 1 aromatic rings. The number of hydrogen-bond acceptors (Lipinski definition) is 5. The average molecular weight is 268 g/mol. The van der Waals surface area contributed by atoms with Gasteiger partial charge in [0.25, 0.3) is 5.91 Å². The Hall–Kier alpha value is -1.79. The maximum Gasteiger partial charge on any atom is 0.255 e. The summed E-state index contributed by atoms with van der Waals surface area (Å²) in [5.41, 5.74) is 6.54. The number of methoxy groups -OCH3 is 2. The summed E-state index contributed by atoms with van der Waals surface area (Å²) in [4.78, 5) is 13.6. The molecule has 1 rings (SSSR count). The number of hydrogen-bond donors (Lipinski definition) is 2. The lowest BCUT2D eigenvalue weighted by molar-refractivity contribution is 0.0380. The van der Waals surface area contributed by atoms with Crippen molar-refractivity contribution in [3.8, 4) is 5.75 Å². The SMILES string of the molecule is COCC(O)CN(C)C(=O)c1ccc(OC)cc1N. The zero-order valence-electron chi connectivity index (χ0n) is 11.4. The van der Waals surface area contributed by atoms with Crippen LogP contribution < -0.4 is 10.5 Å². The van der Waals surface area contributed by atoms with Crippen LogP contribution in [0.15, 0.2) is 18.2 Å². The summed E-state index contributed by atoms with van der Waals surface area (Å²) in [6, 6.07) is 4.87. The van der Waals surface area contributed by atoms with Gasteiger partial charge >= 0.3 is 0 Å². The van der Waals surface area contributed by atoms with Gasteiger partial charge in [0.1, 0.15) is 5.75 Å². The number of anilines is 1. The molecule has 0 bridgehead atoms. The Bertz CT molecular complexity index is 437. The monoisotopic (exact) mass is 268 g/mol. The number of nitrogens with zero attached hydrogens (tertiary/aromatic N) is 1. The third-order valence-corrected chi connectivity index (χ3v) is 2.68. The van der Waals surface area contributed by atoms with Crippen LogP contribution in [0.4, 0.5) is 5.69 Å². The molecule has 0 saturated carbocycles. The third kappa shape index (κ3) is 4.11. The molecule has 1 unspecified atom stereocenters. The van der Waals surface area contributed by atoms with E-state index in [9.17, 15) is 9.90 Å². The Morgan fingerprint density at radius 2 is 2.16 bits per heavy atom. The van der Waals surface area contributed by atoms with E-state index < -0.39 is 6.10 Å². The second-order valence-corrected chi connectivity index (χ2v) is 4.25. The first-order valence-corrected chi connectivity index (χ1v) is 5.85. The average Bonchev–Trinajstić information content (AvgIpc) is 2.37. The molecule has 0 aliphatic heterocycles. The van der Waals surface area contributed by atoms with Crippen molar-refractivity contribution in [2.75, 3.05) is 40.2 Å². The minimum Gasteiger partial charge on any atom is -0.497 e. The zero-order valence-corrected chi connectivity index (χ0v) is 11.4. The molecule has 19 heavy (non-hydrogen) atoms. The van der Waals surface area contributed by atoms with E-state index in [1.807, 2.05) is 0 Å². The molecule has 1 atom stereocenters. The predicted octanol–water partition coefficient (Wildman–Crippen LogP) is 0.357. The van der Waals surface area contributed by atoms with Crippen molar-refractivity contribution in [3.05, 3.63) is 23.8 Å². The molecule has 0 aliphatic rings. The number of amides is 1. The van der Waals surface area contributed by atoms with Crippen LogP contribution >= 0.6 is 0 Å². The predicted molar refractivity (Wildman–Crippen MR) is 72.2 cm³/mol. The van der Waals surface area contributed by atoms with E-state index in [0.29, 0.717) is 17.0 Å². The second-order valence-electron chi connectivity index (χ2n) is 4.25. The van der Waals surface area contributed by atoms with Gasteiger partial charge in [-0.1, -0.05) is 0 Å². The van der Waals surface area contributed by atoms with Gasteiger partial charge in [-0.25, -0.2) is 0 Å². The van der Waals surface area contributed by atoms with Crippen LogP contribution in [0, 0.1) is 0 Å². The summed E-state index contributed by atoms with van der Waals surface area (Å²) >= 11 is 0. The van der Waals surface area contributed by atoms with Crippen LogP contribution in [0.2, 0.25) is 0 Å². The maximum atomic E-state index is 12.2. The number of carbonyl (C=O) groups is 1. The van der Waals surface area contributed by atoms with Gasteiger partial charge in [0.2, 0.25) is 0 Å². The lowest BCUT2D eigenvalue weighted by atomic mass is 10.1. The van der Waals surface area contributed by atoms with E-state index in [1.54, 1.807) is 25.2 Å². The standard InChI is InChI=1S/C13H20N2O4/c1-15(7-9(16)8-18-2)13(17)11-5-4-10(19-3)6-12(11)14/h4-6,9,16H,7-8,14H2,1-3H3. The first kappa shape index (κ1) is 15.3. The molecule has 6 nitrogen and oxygen atoms in total. The Morgan fingerprint density at radius 1 is 1.47 bits per heavy atom. The molecular formula is C13H20N2O4. The Labute approximate surface area is 112 Å². The summed E-state index contributed by atoms with van der Waals surface area (Å²) in [5, 5.41) is 9.60. The normalized spacial score (nSPS) is 12.0. The van der Waals surface area contributed by atoms with Crippen molar-refractivity contribution in [2.45, 2.75) is 6.10 Å². The van der Waals surface area contributed by atoms with Crippen LogP contribution in [0.5, 0.6) is 5.75 Å². The van der Waals surface area contributed by atoms with Crippen LogP contribution in [-0.4, -0.2) is 56.4 Å². The highest BCUT2D eigenvalue weighted by molar-refractivity contribution is 5.99. The summed E-state index contributed by atoms with van der Waals surface area (Å²) in [5.74, 6) is 0.339. The summed E-state index contributed by atoms with van der Waals surface area (Å²) in [6.45, 7) is 0.355. The molecular weight excluding hydrogens is 248 g/mol. The molecule has 1 aromatic carbocycles. The van der Waals surface area contributed by atoms with Crippen molar-refractivity contribution in [1.29, 1.82) is 0 Å². The second kappa shape index (κ2) is 6.96. The van der Waals surface area contributed by atoms with Gasteiger partial charge < -0.3 is 25.2 Å². The number of likely N-dealkylation sites (N-methyl/N-ethyl adjacent to an activating group) is 1. The topological polar surface area (TPSA) is 85.0 Å². The lowest BCUT2D eigenvalue weighted by Crippen LogP contribution is -2.36. The molecule has 0 aromatic heterocycles. The molecule has 0 heterocycles. The summed E-state index contributed by atoms with van der Waals surface area (Å²) in [7, 11) is 4.63. The smallest absolute Gasteiger partial charge is 0.255 e. The number of aliphatic hydroxyl groups excluding tert-OH is 1. The first-order valence-electron chi connectivity index (χ1n) is 5.85. The molecule has 0 saturated heterocycles. The van der Waals surface area contributed by atoms with Crippen molar-refractivity contribution in [2.24, 2.45) is 0 Å². The Morgan fingerprint density at radius 3 is 2.68 bits per heavy atom. The molecule has 1 amide bonds. The van der Waals surface area contributed by atoms with Crippen molar-refractivity contribution >= 4 is 11.6 Å². The van der Waals surface area contributed by atoms with Gasteiger partial charge in [-0.3, -0.25) is 4.79 Å². The fourth-order valence-electron chi connectivity index (χ4n) is 1.71. The van der Waals surface area contributed by atoms with E-state index in [-0.39, 0.29) is 19.1 Å². The van der Waals surface area contributed by atoms with Gasteiger partial charge in [-0.05, 0) is 12.1 Å². The van der Waals surface area contributed by atoms with Gasteiger partial charge in [-0.2, -0.15) is 0 Å². The van der Waals surface area contributed by atoms with Crippen LogP contribution in [-0.2, 0) is 4.74 Å². The van der Waals surface area contributed by atoms with Gasteiger partial charge in [0, 0.05) is 32.5 Å². The van der Waals surface area contributed by atoms with E-state index in [1.165, 1.54) is 19.1 Å². The molecule has 0 spiro atoms. The fraction of sp³-hybridized carbons (Fsp3) is 0.462. The number of carbonyl (C=O) groups excluding carboxylic acids is 1. The van der Waals surface area contributed by atoms with E-state index in [4.69, 9.17) is 15.2 Å². The Kier molecular flexibility index (Phi) is 5.59. The first-order chi connectivity index (χ1) is 8.99. The van der Waals surface area contributed by atoms with E-state index in [0.717, 1.165) is 0 Å². The van der Waals surface area contributed by atoms with Crippen molar-refractivity contribution < 1.29 is 19.4 Å². The fourth-order valence-corrected chi connectivity index (χ4v) is 1.71. The summed E-state index contributed by atoms with van der Waals surface area (Å²) < 4.78 is 9.84. The van der Waals surface area contributed by atoms with E-state index in [2.05, 4.69) is 0 Å². The van der Waals surface area contributed by atoms with Crippen LogP contribution in [0.1, 0.15) is 10.4 Å². The number of nitrogen functional groups attached to an aromatic ring is 1. The minimum absolute atomic E-state index is 0.176. The molecule has 106 valence electrons. The molecule has 0 fully saturated rings. The highest BCUT2D eigenvalue weighted by Gasteiger charge is 2.17. The number of aliphatic hydroxyl groups is 1. The Balaban J connectivity index is 2.76. The lowest BCUT2D eigenvalue weighted by Gasteiger charge is -2.21. The molecule has 3 N–H and O–H groups in total. The summed E-state index contributed by atoms with van der Waals surface area (Å²) in [6.07, 6.45) is -0.724. The van der Waals surface area contributed by atoms with Crippen molar-refractivity contribution in [3.63, 3.8) is 0 Å². The zero-order chi connectivity index (χ0) is 14.4. The van der Waals surface area contributed by atoms with E-state index >= 15 is 0 Å². The minimum atomic E-state index is -0.724. The van der Waals surface area contributed by atoms with Crippen molar-refractivity contribution in [1.82, 2.24) is 4.90 Å². The van der Waals surface area contributed by atoms with Crippen LogP contribution in [0.3, 0.4) is 0 Å². The number of rotatable bonds is 6. The van der Waals surface area contributed by atoms with Crippen LogP contribution in [0.25, 0.3) is 0 Å². The highest BCUT2D eigenvalue weighted by Crippen LogP contribution is 2.20. The largest absolute Gasteiger partial charge is 0.497 e. The van der Waals surface area contributed by atoms with Gasteiger partial charge in [-0.15, -0.1) is 0 Å². The van der Waals surface area contributed by atoms with Gasteiger partial charge in [0.05, 0.1) is 25.4 Å². The number of nitrogens with two attached hydrogens (primary N) is 1. The van der Waals surface area contributed by atoms with Gasteiger partial charge in [0.15, 0.2) is 0 Å². The molecule has 0 radical (unpaired) electrons.